The largest absolute Gasteiger partial charge is 0.337 e. The number of carbonyl (C=O) groups excluding carboxylic acids is 1. The Balaban J connectivity index is 2.16. The lowest BCUT2D eigenvalue weighted by Gasteiger charge is -2.23. The quantitative estimate of drug-likeness (QED) is 0.837. The van der Waals surface area contributed by atoms with Crippen molar-refractivity contribution in [3.63, 3.8) is 0 Å². The van der Waals surface area contributed by atoms with Gasteiger partial charge in [0.15, 0.2) is 0 Å². The summed E-state index contributed by atoms with van der Waals surface area (Å²) >= 11 is 3.57. The molecule has 1 saturated heterocycles. The molecule has 0 spiro atoms. The molecule has 2 heterocycles. The molecule has 0 saturated carbocycles. The molecule has 4 nitrogen and oxygen atoms in total. The van der Waals surface area contributed by atoms with Gasteiger partial charge in [0.05, 0.1) is 22.4 Å². The number of aryl methyl sites for hydroxylation is 2. The van der Waals surface area contributed by atoms with Crippen LogP contribution in [0, 0.1) is 12.3 Å². The number of nitrogens with zero attached hydrogens (tertiary/aromatic N) is 3. The van der Waals surface area contributed by atoms with Crippen LogP contribution in [0.3, 0.4) is 0 Å². The number of halogens is 1. The van der Waals surface area contributed by atoms with Gasteiger partial charge in [0.2, 0.25) is 5.91 Å². The number of hydrogen-bond acceptors (Lipinski definition) is 2. The third kappa shape index (κ3) is 3.19. The van der Waals surface area contributed by atoms with Gasteiger partial charge >= 0.3 is 0 Å². The van der Waals surface area contributed by atoms with Crippen LogP contribution in [0.5, 0.6) is 0 Å². The third-order valence-electron chi connectivity index (χ3n) is 4.03. The van der Waals surface area contributed by atoms with Crippen LogP contribution in [0.4, 0.5) is 0 Å². The molecule has 5 heteroatoms. The standard InChI is InChI=1S/C14H22BrN3O/c1-10-13(15)11(17(4)16-10)9-18-8-7-14(2,3)6-5-12(18)19/h5-9H2,1-4H3. The van der Waals surface area contributed by atoms with E-state index in [0.29, 0.717) is 13.0 Å². The van der Waals surface area contributed by atoms with Crippen molar-refractivity contribution >= 4 is 21.8 Å². The first-order chi connectivity index (χ1) is 8.80. The predicted molar refractivity (Wildman–Crippen MR) is 78.7 cm³/mol. The second-order valence-electron chi connectivity index (χ2n) is 6.20. The molecule has 19 heavy (non-hydrogen) atoms. The lowest BCUT2D eigenvalue weighted by atomic mass is 9.85. The van der Waals surface area contributed by atoms with Crippen molar-refractivity contribution in [2.45, 2.75) is 46.6 Å². The highest BCUT2D eigenvalue weighted by Crippen LogP contribution is 2.31. The fourth-order valence-corrected chi connectivity index (χ4v) is 2.95. The van der Waals surface area contributed by atoms with Gasteiger partial charge in [-0.2, -0.15) is 5.10 Å². The normalized spacial score (nSPS) is 19.6. The van der Waals surface area contributed by atoms with Gasteiger partial charge in [-0.15, -0.1) is 0 Å². The molecule has 0 aliphatic carbocycles. The summed E-state index contributed by atoms with van der Waals surface area (Å²) in [4.78, 5) is 14.2. The molecule has 106 valence electrons. The summed E-state index contributed by atoms with van der Waals surface area (Å²) in [5, 5.41) is 4.38. The van der Waals surface area contributed by atoms with E-state index < -0.39 is 0 Å². The van der Waals surface area contributed by atoms with Crippen molar-refractivity contribution in [2.75, 3.05) is 6.54 Å². The van der Waals surface area contributed by atoms with E-state index in [1.54, 1.807) is 0 Å². The molecule has 1 fully saturated rings. The summed E-state index contributed by atoms with van der Waals surface area (Å²) in [6, 6.07) is 0. The van der Waals surface area contributed by atoms with Gasteiger partial charge in [0.25, 0.3) is 0 Å². The van der Waals surface area contributed by atoms with Crippen LogP contribution in [0.1, 0.15) is 44.5 Å². The molecule has 0 atom stereocenters. The van der Waals surface area contributed by atoms with E-state index in [-0.39, 0.29) is 11.3 Å². The van der Waals surface area contributed by atoms with E-state index in [2.05, 4.69) is 34.9 Å². The fraction of sp³-hybridized carbons (Fsp3) is 0.714. The average molecular weight is 328 g/mol. The van der Waals surface area contributed by atoms with Crippen LogP contribution in [0.2, 0.25) is 0 Å². The molecule has 0 unspecified atom stereocenters. The number of rotatable bonds is 2. The van der Waals surface area contributed by atoms with E-state index >= 15 is 0 Å². The van der Waals surface area contributed by atoms with Crippen LogP contribution in [0.25, 0.3) is 0 Å². The van der Waals surface area contributed by atoms with Crippen molar-refractivity contribution in [3.8, 4) is 0 Å². The Labute approximate surface area is 123 Å². The Bertz CT molecular complexity index is 493. The van der Waals surface area contributed by atoms with Crippen LogP contribution in [-0.2, 0) is 18.4 Å². The number of aromatic nitrogens is 2. The van der Waals surface area contributed by atoms with Gasteiger partial charge in [0.1, 0.15) is 0 Å². The van der Waals surface area contributed by atoms with E-state index in [9.17, 15) is 4.79 Å². The van der Waals surface area contributed by atoms with Crippen LogP contribution >= 0.6 is 15.9 Å². The SMILES string of the molecule is Cc1nn(C)c(CN2CCC(C)(C)CCC2=O)c1Br. The van der Waals surface area contributed by atoms with E-state index in [1.165, 1.54) is 0 Å². The smallest absolute Gasteiger partial charge is 0.222 e. The first-order valence-electron chi connectivity index (χ1n) is 6.76. The van der Waals surface area contributed by atoms with Gasteiger partial charge in [-0.05, 0) is 41.1 Å². The molecule has 1 aliphatic heterocycles. The number of carbonyl (C=O) groups is 1. The molecule has 1 aromatic rings. The second-order valence-corrected chi connectivity index (χ2v) is 6.99. The zero-order valence-corrected chi connectivity index (χ0v) is 13.7. The Hall–Kier alpha value is -0.840. The van der Waals surface area contributed by atoms with Gasteiger partial charge in [-0.1, -0.05) is 13.8 Å². The molecule has 0 N–H and O–H groups in total. The van der Waals surface area contributed by atoms with Gasteiger partial charge in [0, 0.05) is 20.0 Å². The van der Waals surface area contributed by atoms with Crippen molar-refractivity contribution < 1.29 is 4.79 Å². The maximum atomic E-state index is 12.2. The summed E-state index contributed by atoms with van der Waals surface area (Å²) in [5.41, 5.74) is 2.31. The first kappa shape index (κ1) is 14.6. The third-order valence-corrected chi connectivity index (χ3v) is 5.06. The highest BCUT2D eigenvalue weighted by atomic mass is 79.9. The molecule has 1 aromatic heterocycles. The van der Waals surface area contributed by atoms with Gasteiger partial charge in [-0.3, -0.25) is 9.48 Å². The minimum Gasteiger partial charge on any atom is -0.337 e. The maximum Gasteiger partial charge on any atom is 0.222 e. The minimum atomic E-state index is 0.260. The van der Waals surface area contributed by atoms with Crippen molar-refractivity contribution in [2.24, 2.45) is 12.5 Å². The summed E-state index contributed by atoms with van der Waals surface area (Å²) in [6.45, 7) is 7.94. The molecule has 2 rings (SSSR count). The highest BCUT2D eigenvalue weighted by Gasteiger charge is 2.28. The molecule has 1 amide bonds. The predicted octanol–water partition coefficient (Wildman–Crippen LogP) is 3.03. The van der Waals surface area contributed by atoms with Crippen LogP contribution < -0.4 is 0 Å². The molecular weight excluding hydrogens is 306 g/mol. The minimum absolute atomic E-state index is 0.260. The summed E-state index contributed by atoms with van der Waals surface area (Å²) in [5.74, 6) is 0.260. The molecule has 0 aromatic carbocycles. The maximum absolute atomic E-state index is 12.2. The average Bonchev–Trinajstić information content (AvgIpc) is 2.48. The zero-order valence-electron chi connectivity index (χ0n) is 12.2. The Kier molecular flexibility index (Phi) is 4.04. The summed E-state index contributed by atoms with van der Waals surface area (Å²) < 4.78 is 2.88. The second kappa shape index (κ2) is 5.27. The Morgan fingerprint density at radius 3 is 2.63 bits per heavy atom. The van der Waals surface area contributed by atoms with Gasteiger partial charge < -0.3 is 4.90 Å². The summed E-state index contributed by atoms with van der Waals surface area (Å²) in [7, 11) is 1.93. The number of hydrogen-bond donors (Lipinski definition) is 0. The topological polar surface area (TPSA) is 38.1 Å². The number of amides is 1. The first-order valence-corrected chi connectivity index (χ1v) is 7.55. The molecule has 1 aliphatic rings. The Morgan fingerprint density at radius 1 is 1.37 bits per heavy atom. The van der Waals surface area contributed by atoms with Gasteiger partial charge in [-0.25, -0.2) is 0 Å². The monoisotopic (exact) mass is 327 g/mol. The van der Waals surface area contributed by atoms with E-state index in [0.717, 1.165) is 35.2 Å². The number of likely N-dealkylation sites (tertiary alicyclic amines) is 1. The zero-order chi connectivity index (χ0) is 14.2. The van der Waals surface area contributed by atoms with Crippen molar-refractivity contribution in [1.82, 2.24) is 14.7 Å². The van der Waals surface area contributed by atoms with Crippen LogP contribution in [-0.4, -0.2) is 27.1 Å². The molecule has 0 bridgehead atoms. The lowest BCUT2D eigenvalue weighted by Crippen LogP contribution is -2.31. The summed E-state index contributed by atoms with van der Waals surface area (Å²) in [6.07, 6.45) is 2.70. The van der Waals surface area contributed by atoms with E-state index in [1.807, 2.05) is 23.6 Å². The Morgan fingerprint density at radius 2 is 2.05 bits per heavy atom. The lowest BCUT2D eigenvalue weighted by molar-refractivity contribution is -0.131. The van der Waals surface area contributed by atoms with E-state index in [4.69, 9.17) is 0 Å². The van der Waals surface area contributed by atoms with Crippen molar-refractivity contribution in [3.05, 3.63) is 15.9 Å². The fourth-order valence-electron chi connectivity index (χ4n) is 2.49. The van der Waals surface area contributed by atoms with Crippen molar-refractivity contribution in [1.29, 1.82) is 0 Å². The highest BCUT2D eigenvalue weighted by molar-refractivity contribution is 9.10. The molecule has 0 radical (unpaired) electrons. The molecular formula is C14H22BrN3O. The van der Waals surface area contributed by atoms with Crippen LogP contribution in [0.15, 0.2) is 4.47 Å².